The lowest BCUT2D eigenvalue weighted by atomic mass is 9.94. The van der Waals surface area contributed by atoms with Gasteiger partial charge in [-0.1, -0.05) is 6.42 Å². The zero-order chi connectivity index (χ0) is 13.4. The maximum atomic E-state index is 12.0. The third kappa shape index (κ3) is 2.61. The summed E-state index contributed by atoms with van der Waals surface area (Å²) in [5.41, 5.74) is 0. The number of ether oxygens (including phenoxy) is 1. The Morgan fingerprint density at radius 2 is 2.05 bits per heavy atom. The number of nitrogens with zero attached hydrogens (tertiary/aromatic N) is 1. The van der Waals surface area contributed by atoms with Gasteiger partial charge in [-0.05, 0) is 37.5 Å². The summed E-state index contributed by atoms with van der Waals surface area (Å²) in [6.07, 6.45) is 5.66. The molecule has 3 aliphatic rings. The first-order chi connectivity index (χ1) is 9.19. The van der Waals surface area contributed by atoms with Crippen molar-refractivity contribution in [2.75, 3.05) is 20.2 Å². The van der Waals surface area contributed by atoms with E-state index in [2.05, 4.69) is 5.32 Å². The summed E-state index contributed by atoms with van der Waals surface area (Å²) in [6.45, 7) is 1.20. The van der Waals surface area contributed by atoms with Crippen LogP contribution < -0.4 is 5.32 Å². The zero-order valence-electron chi connectivity index (χ0n) is 11.4. The zero-order valence-corrected chi connectivity index (χ0v) is 11.4. The molecule has 1 aliphatic heterocycles. The average molecular weight is 266 g/mol. The van der Waals surface area contributed by atoms with Crippen molar-refractivity contribution in [3.63, 3.8) is 0 Å². The minimum Gasteiger partial charge on any atom is -0.468 e. The Balaban J connectivity index is 1.64. The minimum absolute atomic E-state index is 0.0522. The number of esters is 1. The fourth-order valence-corrected chi connectivity index (χ4v) is 3.69. The van der Waals surface area contributed by atoms with Gasteiger partial charge < -0.3 is 10.1 Å². The molecule has 1 saturated heterocycles. The third-order valence-corrected chi connectivity index (χ3v) is 4.72. The van der Waals surface area contributed by atoms with Crippen molar-refractivity contribution in [2.45, 2.75) is 44.2 Å². The summed E-state index contributed by atoms with van der Waals surface area (Å²) in [4.78, 5) is 25.9. The molecule has 1 N–H and O–H groups in total. The largest absolute Gasteiger partial charge is 0.468 e. The average Bonchev–Trinajstić information content (AvgIpc) is 2.95. The third-order valence-electron chi connectivity index (χ3n) is 4.72. The molecule has 3 atom stereocenters. The maximum Gasteiger partial charge on any atom is 0.323 e. The highest BCUT2D eigenvalue weighted by molar-refractivity contribution is 5.81. The first-order valence-corrected chi connectivity index (χ1v) is 7.30. The second-order valence-electron chi connectivity index (χ2n) is 6.09. The van der Waals surface area contributed by atoms with Crippen LogP contribution in [0.15, 0.2) is 0 Å². The number of rotatable bonds is 4. The van der Waals surface area contributed by atoms with E-state index < -0.39 is 0 Å². The fourth-order valence-electron chi connectivity index (χ4n) is 3.69. The molecule has 0 spiro atoms. The van der Waals surface area contributed by atoms with Gasteiger partial charge in [0.15, 0.2) is 0 Å². The topological polar surface area (TPSA) is 58.6 Å². The quantitative estimate of drug-likeness (QED) is 0.755. The number of fused-ring (bicyclic) bond motifs is 1. The van der Waals surface area contributed by atoms with Gasteiger partial charge in [0, 0.05) is 12.6 Å². The van der Waals surface area contributed by atoms with Crippen LogP contribution >= 0.6 is 0 Å². The number of methoxy groups -OCH3 is 1. The monoisotopic (exact) mass is 266 g/mol. The molecule has 3 rings (SSSR count). The highest BCUT2D eigenvalue weighted by Crippen LogP contribution is 2.42. The molecule has 2 aliphatic carbocycles. The van der Waals surface area contributed by atoms with Gasteiger partial charge in [0.25, 0.3) is 0 Å². The van der Waals surface area contributed by atoms with Gasteiger partial charge in [0.05, 0.1) is 13.7 Å². The van der Waals surface area contributed by atoms with Crippen LogP contribution in [-0.4, -0.2) is 49.1 Å². The van der Waals surface area contributed by atoms with Crippen LogP contribution in [0.2, 0.25) is 0 Å². The van der Waals surface area contributed by atoms with Crippen LogP contribution in [0.5, 0.6) is 0 Å². The van der Waals surface area contributed by atoms with Crippen molar-refractivity contribution < 1.29 is 14.3 Å². The lowest BCUT2D eigenvalue weighted by molar-refractivity contribution is -0.147. The van der Waals surface area contributed by atoms with Crippen molar-refractivity contribution in [1.82, 2.24) is 10.2 Å². The van der Waals surface area contributed by atoms with E-state index in [0.29, 0.717) is 24.4 Å². The molecule has 0 aromatic carbocycles. The number of carbonyl (C=O) groups excluding carboxylic acids is 2. The van der Waals surface area contributed by atoms with Gasteiger partial charge in [0.1, 0.15) is 6.04 Å². The number of nitrogens with one attached hydrogen (secondary N) is 1. The van der Waals surface area contributed by atoms with Crippen LogP contribution in [0.4, 0.5) is 0 Å². The molecular formula is C14H22N2O3. The molecule has 1 heterocycles. The minimum atomic E-state index is -0.206. The Kier molecular flexibility index (Phi) is 3.48. The summed E-state index contributed by atoms with van der Waals surface area (Å²) in [7, 11) is 1.44. The number of hydrogen-bond acceptors (Lipinski definition) is 4. The van der Waals surface area contributed by atoms with E-state index in [1.54, 1.807) is 0 Å². The van der Waals surface area contributed by atoms with E-state index in [1.165, 1.54) is 20.0 Å². The molecule has 2 saturated carbocycles. The second-order valence-corrected chi connectivity index (χ2v) is 6.09. The predicted molar refractivity (Wildman–Crippen MR) is 69.4 cm³/mol. The standard InChI is InChI=1S/C14H22N2O3/c1-19-14(18)13-11-4-2-3-9(11)7-16(13)8-12(17)15-10-5-6-10/h9-11,13H,2-8H2,1H3,(H,15,17)/t9-,11+,13+/m1/s1. The number of hydrogen-bond donors (Lipinski definition) is 1. The van der Waals surface area contributed by atoms with Crippen molar-refractivity contribution in [2.24, 2.45) is 11.8 Å². The van der Waals surface area contributed by atoms with E-state index in [-0.39, 0.29) is 17.9 Å². The van der Waals surface area contributed by atoms with E-state index in [9.17, 15) is 9.59 Å². The SMILES string of the molecule is COC(=O)[C@@H]1[C@H]2CCC[C@@H]2CN1CC(=O)NC1CC1. The van der Waals surface area contributed by atoms with Crippen molar-refractivity contribution in [3.05, 3.63) is 0 Å². The molecule has 0 radical (unpaired) electrons. The van der Waals surface area contributed by atoms with E-state index in [1.807, 2.05) is 4.90 Å². The second kappa shape index (κ2) is 5.12. The highest BCUT2D eigenvalue weighted by atomic mass is 16.5. The Morgan fingerprint density at radius 1 is 1.26 bits per heavy atom. The van der Waals surface area contributed by atoms with Crippen molar-refractivity contribution in [3.8, 4) is 0 Å². The van der Waals surface area contributed by atoms with Gasteiger partial charge in [-0.2, -0.15) is 0 Å². The van der Waals surface area contributed by atoms with E-state index in [0.717, 1.165) is 25.8 Å². The highest BCUT2D eigenvalue weighted by Gasteiger charge is 2.48. The Hall–Kier alpha value is -1.10. The molecule has 1 amide bonds. The van der Waals surface area contributed by atoms with Gasteiger partial charge in [-0.3, -0.25) is 14.5 Å². The van der Waals surface area contributed by atoms with Crippen LogP contribution in [0.1, 0.15) is 32.1 Å². The summed E-state index contributed by atoms with van der Waals surface area (Å²) in [5, 5.41) is 2.99. The molecule has 0 unspecified atom stereocenters. The van der Waals surface area contributed by atoms with Crippen LogP contribution in [-0.2, 0) is 14.3 Å². The summed E-state index contributed by atoms with van der Waals surface area (Å²) in [6, 6.07) is 0.175. The lowest BCUT2D eigenvalue weighted by Gasteiger charge is -2.24. The first-order valence-electron chi connectivity index (χ1n) is 7.30. The smallest absolute Gasteiger partial charge is 0.323 e. The van der Waals surface area contributed by atoms with Gasteiger partial charge in [-0.15, -0.1) is 0 Å². The molecule has 5 nitrogen and oxygen atoms in total. The van der Waals surface area contributed by atoms with Crippen LogP contribution in [0.3, 0.4) is 0 Å². The molecule has 0 aromatic heterocycles. The summed E-state index contributed by atoms with van der Waals surface area (Å²) < 4.78 is 4.94. The predicted octanol–water partition coefficient (Wildman–Crippen LogP) is 0.539. The lowest BCUT2D eigenvalue weighted by Crippen LogP contribution is -2.45. The normalized spacial score (nSPS) is 34.1. The molecule has 0 aromatic rings. The fraction of sp³-hybridized carbons (Fsp3) is 0.857. The Labute approximate surface area is 113 Å². The van der Waals surface area contributed by atoms with Gasteiger partial charge >= 0.3 is 5.97 Å². The Morgan fingerprint density at radius 3 is 2.74 bits per heavy atom. The maximum absolute atomic E-state index is 12.0. The van der Waals surface area contributed by atoms with Crippen LogP contribution in [0, 0.1) is 11.8 Å². The first kappa shape index (κ1) is 12.9. The van der Waals surface area contributed by atoms with Crippen molar-refractivity contribution >= 4 is 11.9 Å². The summed E-state index contributed by atoms with van der Waals surface area (Å²) in [5.74, 6) is 0.837. The number of amides is 1. The molecule has 3 fully saturated rings. The van der Waals surface area contributed by atoms with E-state index in [4.69, 9.17) is 4.74 Å². The molecular weight excluding hydrogens is 244 g/mol. The number of likely N-dealkylation sites (tertiary alicyclic amines) is 1. The van der Waals surface area contributed by atoms with Gasteiger partial charge in [0.2, 0.25) is 5.91 Å². The van der Waals surface area contributed by atoms with Crippen molar-refractivity contribution in [1.29, 1.82) is 0 Å². The molecule has 0 bridgehead atoms. The molecule has 106 valence electrons. The molecule has 19 heavy (non-hydrogen) atoms. The summed E-state index contributed by atoms with van der Waals surface area (Å²) >= 11 is 0. The van der Waals surface area contributed by atoms with E-state index >= 15 is 0 Å². The number of carbonyl (C=O) groups is 2. The molecule has 5 heteroatoms. The van der Waals surface area contributed by atoms with Crippen LogP contribution in [0.25, 0.3) is 0 Å². The van der Waals surface area contributed by atoms with Gasteiger partial charge in [-0.25, -0.2) is 0 Å². The Bertz CT molecular complexity index is 381.